The van der Waals surface area contributed by atoms with Gasteiger partial charge in [0, 0.05) is 13.7 Å². The molecule has 0 radical (unpaired) electrons. The Morgan fingerprint density at radius 2 is 2.55 bits per heavy atom. The summed E-state index contributed by atoms with van der Waals surface area (Å²) in [7, 11) is 1.69. The maximum absolute atomic E-state index is 4.94. The van der Waals surface area contributed by atoms with Gasteiger partial charge >= 0.3 is 0 Å². The second-order valence-corrected chi connectivity index (χ2v) is 2.37. The molecule has 1 rings (SSSR count). The predicted octanol–water partition coefficient (Wildman–Crippen LogP) is 0.353. The summed E-state index contributed by atoms with van der Waals surface area (Å²) < 4.78 is 4.94. The van der Waals surface area contributed by atoms with E-state index in [9.17, 15) is 0 Å². The van der Waals surface area contributed by atoms with E-state index in [1.165, 1.54) is 0 Å². The van der Waals surface area contributed by atoms with Crippen LogP contribution in [0.5, 0.6) is 0 Å². The van der Waals surface area contributed by atoms with Gasteiger partial charge in [0.1, 0.15) is 18.8 Å². The molecule has 0 aromatic heterocycles. The van der Waals surface area contributed by atoms with Crippen molar-refractivity contribution in [2.75, 3.05) is 26.9 Å². The maximum Gasteiger partial charge on any atom is 0.114 e. The molecule has 0 N–H and O–H groups in total. The van der Waals surface area contributed by atoms with Crippen LogP contribution < -0.4 is 0 Å². The first-order valence-corrected chi connectivity index (χ1v) is 3.61. The van der Waals surface area contributed by atoms with E-state index in [-0.39, 0.29) is 0 Å². The van der Waals surface area contributed by atoms with E-state index in [4.69, 9.17) is 4.74 Å². The minimum atomic E-state index is 0.707. The van der Waals surface area contributed by atoms with Crippen LogP contribution in [0.3, 0.4) is 0 Å². The Balaban J connectivity index is 2.35. The molecule has 0 bridgehead atoms. The van der Waals surface area contributed by atoms with Gasteiger partial charge in [0.25, 0.3) is 0 Å². The first kappa shape index (κ1) is 8.20. The topological polar surface area (TPSA) is 37.2 Å². The minimum absolute atomic E-state index is 0.707. The highest BCUT2D eigenvalue weighted by Gasteiger charge is 2.06. The van der Waals surface area contributed by atoms with Crippen LogP contribution >= 0.6 is 0 Å². The average molecular weight is 155 g/mol. The van der Waals surface area contributed by atoms with Crippen LogP contribution in [0.4, 0.5) is 0 Å². The van der Waals surface area contributed by atoms with Gasteiger partial charge in [0.2, 0.25) is 0 Å². The first-order valence-electron chi connectivity index (χ1n) is 3.61. The van der Waals surface area contributed by atoms with Crippen LogP contribution in [-0.2, 0) is 4.74 Å². The van der Waals surface area contributed by atoms with Gasteiger partial charge in [-0.05, 0) is 6.92 Å². The number of ether oxygens (including phenoxy) is 1. The lowest BCUT2D eigenvalue weighted by Gasteiger charge is -2.23. The monoisotopic (exact) mass is 155 g/mol. The summed E-state index contributed by atoms with van der Waals surface area (Å²) in [5.41, 5.74) is 0. The lowest BCUT2D eigenvalue weighted by atomic mass is 10.5. The van der Waals surface area contributed by atoms with Gasteiger partial charge in [-0.3, -0.25) is 4.99 Å². The van der Waals surface area contributed by atoms with Crippen molar-refractivity contribution in [3.63, 3.8) is 0 Å². The fraction of sp³-hybridized carbons (Fsp3) is 0.714. The summed E-state index contributed by atoms with van der Waals surface area (Å²) in [5.74, 6) is 1.01. The quantitative estimate of drug-likeness (QED) is 0.589. The molecule has 0 amide bonds. The molecular weight excluding hydrogens is 142 g/mol. The number of nitrogens with zero attached hydrogens (tertiary/aromatic N) is 3. The molecule has 0 atom stereocenters. The molecule has 0 unspecified atom stereocenters. The molecule has 0 saturated carbocycles. The van der Waals surface area contributed by atoms with Crippen molar-refractivity contribution in [2.45, 2.75) is 6.92 Å². The number of aliphatic imine (C=N–C) groups is 2. The summed E-state index contributed by atoms with van der Waals surface area (Å²) in [6, 6.07) is 0. The third-order valence-electron chi connectivity index (χ3n) is 1.60. The number of rotatable bonds is 3. The lowest BCUT2D eigenvalue weighted by Crippen LogP contribution is -2.34. The maximum atomic E-state index is 4.94. The van der Waals surface area contributed by atoms with Gasteiger partial charge in [0.15, 0.2) is 0 Å². The Kier molecular flexibility index (Phi) is 3.04. The molecular formula is C7H13N3O. The molecule has 0 fully saturated rings. The third kappa shape index (κ3) is 2.31. The zero-order valence-electron chi connectivity index (χ0n) is 6.95. The van der Waals surface area contributed by atoms with Crippen molar-refractivity contribution in [3.8, 4) is 0 Å². The Morgan fingerprint density at radius 1 is 1.73 bits per heavy atom. The van der Waals surface area contributed by atoms with Crippen LogP contribution in [0.1, 0.15) is 6.92 Å². The summed E-state index contributed by atoms with van der Waals surface area (Å²) in [6.45, 7) is 4.27. The van der Waals surface area contributed by atoms with Gasteiger partial charge < -0.3 is 9.64 Å². The van der Waals surface area contributed by atoms with Gasteiger partial charge in [-0.1, -0.05) is 0 Å². The van der Waals surface area contributed by atoms with E-state index >= 15 is 0 Å². The normalized spacial score (nSPS) is 16.9. The Morgan fingerprint density at radius 3 is 3.18 bits per heavy atom. The van der Waals surface area contributed by atoms with Crippen LogP contribution in [0.25, 0.3) is 0 Å². The van der Waals surface area contributed by atoms with E-state index < -0.39 is 0 Å². The van der Waals surface area contributed by atoms with E-state index in [0.717, 1.165) is 19.0 Å². The van der Waals surface area contributed by atoms with Crippen molar-refractivity contribution < 1.29 is 4.74 Å². The molecule has 0 spiro atoms. The smallest absolute Gasteiger partial charge is 0.114 e. The summed E-state index contributed by atoms with van der Waals surface area (Å²) >= 11 is 0. The predicted molar refractivity (Wildman–Crippen MR) is 45.1 cm³/mol. The average Bonchev–Trinajstić information content (AvgIpc) is 2.03. The highest BCUT2D eigenvalue weighted by molar-refractivity contribution is 5.88. The van der Waals surface area contributed by atoms with Gasteiger partial charge in [-0.25, -0.2) is 4.99 Å². The Labute approximate surface area is 66.6 Å². The molecule has 4 heteroatoms. The second kappa shape index (κ2) is 4.08. The Hall–Kier alpha value is -0.900. The summed E-state index contributed by atoms with van der Waals surface area (Å²) in [5, 5.41) is 0. The molecule has 0 aliphatic carbocycles. The number of amidine groups is 1. The molecule has 1 heterocycles. The summed E-state index contributed by atoms with van der Waals surface area (Å²) in [6.07, 6.45) is 1.60. The highest BCUT2D eigenvalue weighted by Crippen LogP contribution is 1.96. The van der Waals surface area contributed by atoms with Crippen LogP contribution in [-0.4, -0.2) is 44.0 Å². The number of methoxy groups -OCH3 is 1. The Bertz CT molecular complexity index is 177. The standard InChI is InChI=1S/C7H13N3O/c1-7-9-5-8-6-10(7)3-4-11-2/h5H,3-4,6H2,1-2H3. The van der Waals surface area contributed by atoms with Crippen molar-refractivity contribution in [2.24, 2.45) is 9.98 Å². The SMILES string of the molecule is COCCN1CN=CN=C1C. The molecule has 0 aromatic rings. The molecule has 1 aliphatic rings. The lowest BCUT2D eigenvalue weighted by molar-refractivity contribution is 0.176. The third-order valence-corrected chi connectivity index (χ3v) is 1.60. The van der Waals surface area contributed by atoms with Crippen molar-refractivity contribution in [1.29, 1.82) is 0 Å². The van der Waals surface area contributed by atoms with E-state index in [2.05, 4.69) is 14.9 Å². The van der Waals surface area contributed by atoms with Gasteiger partial charge in [0.05, 0.1) is 6.61 Å². The zero-order chi connectivity index (χ0) is 8.10. The van der Waals surface area contributed by atoms with Crippen LogP contribution in [0, 0.1) is 0 Å². The zero-order valence-corrected chi connectivity index (χ0v) is 6.95. The van der Waals surface area contributed by atoms with Crippen LogP contribution in [0.2, 0.25) is 0 Å². The highest BCUT2D eigenvalue weighted by atomic mass is 16.5. The van der Waals surface area contributed by atoms with E-state index in [1.807, 2.05) is 6.92 Å². The number of hydrogen-bond acceptors (Lipinski definition) is 4. The number of hydrogen-bond donors (Lipinski definition) is 0. The van der Waals surface area contributed by atoms with Crippen LogP contribution in [0.15, 0.2) is 9.98 Å². The second-order valence-electron chi connectivity index (χ2n) is 2.37. The molecule has 4 nitrogen and oxygen atoms in total. The van der Waals surface area contributed by atoms with Crippen molar-refractivity contribution >= 4 is 12.2 Å². The largest absolute Gasteiger partial charge is 0.383 e. The van der Waals surface area contributed by atoms with E-state index in [0.29, 0.717) is 6.67 Å². The molecule has 11 heavy (non-hydrogen) atoms. The fourth-order valence-corrected chi connectivity index (χ4v) is 0.877. The molecule has 62 valence electrons. The van der Waals surface area contributed by atoms with Crippen molar-refractivity contribution in [1.82, 2.24) is 4.90 Å². The van der Waals surface area contributed by atoms with Crippen molar-refractivity contribution in [3.05, 3.63) is 0 Å². The molecule has 1 aliphatic heterocycles. The van der Waals surface area contributed by atoms with Gasteiger partial charge in [-0.15, -0.1) is 0 Å². The van der Waals surface area contributed by atoms with Gasteiger partial charge in [-0.2, -0.15) is 0 Å². The first-order chi connectivity index (χ1) is 5.34. The van der Waals surface area contributed by atoms with E-state index in [1.54, 1.807) is 13.4 Å². The molecule has 0 saturated heterocycles. The minimum Gasteiger partial charge on any atom is -0.383 e. The molecule has 0 aromatic carbocycles. The summed E-state index contributed by atoms with van der Waals surface area (Å²) in [4.78, 5) is 10.2. The fourth-order valence-electron chi connectivity index (χ4n) is 0.877.